The molecule has 0 radical (unpaired) electrons. The second-order valence-corrected chi connectivity index (χ2v) is 5.91. The molecule has 1 aliphatic rings. The van der Waals surface area contributed by atoms with Gasteiger partial charge in [0.25, 0.3) is 0 Å². The molecule has 0 bridgehead atoms. The highest BCUT2D eigenvalue weighted by Gasteiger charge is 2.37. The highest BCUT2D eigenvalue weighted by Crippen LogP contribution is 2.12. The number of hydrogen-bond acceptors (Lipinski definition) is 6. The minimum absolute atomic E-state index is 0.0889. The molecule has 3 unspecified atom stereocenters. The molecular formula is C8H17NO5S. The molecule has 3 atom stereocenters. The first-order chi connectivity index (χ1) is 6.98. The first kappa shape index (κ1) is 12.9. The minimum Gasteiger partial charge on any atom is -0.395 e. The van der Waals surface area contributed by atoms with E-state index in [4.69, 9.17) is 9.84 Å². The smallest absolute Gasteiger partial charge is 0.154 e. The molecule has 0 aromatic heterocycles. The molecular weight excluding hydrogens is 222 g/mol. The molecule has 1 aliphatic heterocycles. The Labute approximate surface area is 89.2 Å². The maximum Gasteiger partial charge on any atom is 0.154 e. The lowest BCUT2D eigenvalue weighted by Crippen LogP contribution is -2.48. The van der Waals surface area contributed by atoms with Crippen LogP contribution in [0.15, 0.2) is 0 Å². The Kier molecular flexibility index (Phi) is 4.47. The number of methoxy groups -OCH3 is 1. The average Bonchev–Trinajstić information content (AvgIpc) is 2.39. The zero-order valence-electron chi connectivity index (χ0n) is 8.59. The Morgan fingerprint density at radius 1 is 1.53 bits per heavy atom. The standard InChI is InChI=1S/C8H17NO5S/c1-14-3-6(2-10)9-7-4-15(12,13)5-8(7)11/h6-11H,2-5H2,1H3. The summed E-state index contributed by atoms with van der Waals surface area (Å²) < 4.78 is 27.2. The predicted molar refractivity (Wildman–Crippen MR) is 54.3 cm³/mol. The summed E-state index contributed by atoms with van der Waals surface area (Å²) >= 11 is 0. The molecule has 0 aliphatic carbocycles. The van der Waals surface area contributed by atoms with Crippen LogP contribution in [0.4, 0.5) is 0 Å². The molecule has 15 heavy (non-hydrogen) atoms. The first-order valence-electron chi connectivity index (χ1n) is 4.73. The van der Waals surface area contributed by atoms with Crippen molar-refractivity contribution in [3.05, 3.63) is 0 Å². The Morgan fingerprint density at radius 3 is 2.60 bits per heavy atom. The summed E-state index contributed by atoms with van der Waals surface area (Å²) in [5.74, 6) is -0.301. The maximum atomic E-state index is 11.2. The van der Waals surface area contributed by atoms with Crippen LogP contribution in [0.3, 0.4) is 0 Å². The van der Waals surface area contributed by atoms with E-state index in [-0.39, 0.29) is 30.8 Å². The lowest BCUT2D eigenvalue weighted by atomic mass is 10.2. The molecule has 1 heterocycles. The van der Waals surface area contributed by atoms with Crippen molar-refractivity contribution in [2.24, 2.45) is 0 Å². The number of hydrogen-bond donors (Lipinski definition) is 3. The lowest BCUT2D eigenvalue weighted by Gasteiger charge is -2.21. The predicted octanol–water partition coefficient (Wildman–Crippen LogP) is -2.26. The number of rotatable bonds is 5. The number of sulfone groups is 1. The van der Waals surface area contributed by atoms with E-state index in [1.54, 1.807) is 0 Å². The van der Waals surface area contributed by atoms with Gasteiger partial charge in [-0.2, -0.15) is 0 Å². The summed E-state index contributed by atoms with van der Waals surface area (Å²) in [4.78, 5) is 0. The van der Waals surface area contributed by atoms with Gasteiger partial charge in [-0.05, 0) is 0 Å². The molecule has 90 valence electrons. The number of nitrogens with one attached hydrogen (secondary N) is 1. The third kappa shape index (κ3) is 3.69. The van der Waals surface area contributed by atoms with Crippen molar-refractivity contribution < 1.29 is 23.4 Å². The van der Waals surface area contributed by atoms with Gasteiger partial charge in [-0.3, -0.25) is 0 Å². The van der Waals surface area contributed by atoms with Crippen LogP contribution >= 0.6 is 0 Å². The molecule has 7 heteroatoms. The summed E-state index contributed by atoms with van der Waals surface area (Å²) in [6, 6.07) is -0.856. The largest absolute Gasteiger partial charge is 0.395 e. The Hall–Kier alpha value is -0.210. The van der Waals surface area contributed by atoms with Gasteiger partial charge in [-0.25, -0.2) is 8.42 Å². The van der Waals surface area contributed by atoms with Crippen LogP contribution in [0.2, 0.25) is 0 Å². The SMILES string of the molecule is COCC(CO)NC1CS(=O)(=O)CC1O. The van der Waals surface area contributed by atoms with Crippen LogP contribution in [0.1, 0.15) is 0 Å². The van der Waals surface area contributed by atoms with Crippen LogP contribution in [0.25, 0.3) is 0 Å². The van der Waals surface area contributed by atoms with Crippen molar-refractivity contribution in [1.29, 1.82) is 0 Å². The quantitative estimate of drug-likeness (QED) is 0.501. The van der Waals surface area contributed by atoms with Gasteiger partial charge in [0, 0.05) is 13.2 Å². The number of aliphatic hydroxyl groups excluding tert-OH is 2. The number of aliphatic hydroxyl groups is 2. The van der Waals surface area contributed by atoms with Gasteiger partial charge < -0.3 is 20.3 Å². The summed E-state index contributed by atoms with van der Waals surface area (Å²) in [6.07, 6.45) is -0.902. The van der Waals surface area contributed by atoms with Gasteiger partial charge in [0.2, 0.25) is 0 Å². The molecule has 0 aromatic rings. The topological polar surface area (TPSA) is 95.9 Å². The normalized spacial score (nSPS) is 31.7. The van der Waals surface area contributed by atoms with Crippen molar-refractivity contribution >= 4 is 9.84 Å². The third-order valence-electron chi connectivity index (χ3n) is 2.36. The van der Waals surface area contributed by atoms with Gasteiger partial charge >= 0.3 is 0 Å². The van der Waals surface area contributed by atoms with E-state index in [1.807, 2.05) is 0 Å². The molecule has 1 rings (SSSR count). The van der Waals surface area contributed by atoms with E-state index in [0.717, 1.165) is 0 Å². The second-order valence-electron chi connectivity index (χ2n) is 3.75. The van der Waals surface area contributed by atoms with Crippen molar-refractivity contribution in [3.63, 3.8) is 0 Å². The zero-order valence-corrected chi connectivity index (χ0v) is 9.40. The lowest BCUT2D eigenvalue weighted by molar-refractivity contribution is 0.101. The maximum absolute atomic E-state index is 11.2. The molecule has 1 saturated heterocycles. The van der Waals surface area contributed by atoms with Gasteiger partial charge in [-0.15, -0.1) is 0 Å². The summed E-state index contributed by atoms with van der Waals surface area (Å²) in [6.45, 7) is 0.122. The zero-order chi connectivity index (χ0) is 11.5. The summed E-state index contributed by atoms with van der Waals surface area (Å²) in [7, 11) is -1.66. The fourth-order valence-electron chi connectivity index (χ4n) is 1.65. The van der Waals surface area contributed by atoms with Gasteiger partial charge in [0.15, 0.2) is 9.84 Å². The second kappa shape index (κ2) is 5.22. The van der Waals surface area contributed by atoms with Crippen molar-refractivity contribution in [2.45, 2.75) is 18.2 Å². The Balaban J connectivity index is 2.51. The highest BCUT2D eigenvalue weighted by molar-refractivity contribution is 7.91. The fraction of sp³-hybridized carbons (Fsp3) is 1.00. The van der Waals surface area contributed by atoms with Gasteiger partial charge in [0.1, 0.15) is 0 Å². The van der Waals surface area contributed by atoms with E-state index >= 15 is 0 Å². The van der Waals surface area contributed by atoms with E-state index < -0.39 is 22.0 Å². The van der Waals surface area contributed by atoms with Crippen molar-refractivity contribution in [3.8, 4) is 0 Å². The monoisotopic (exact) mass is 239 g/mol. The van der Waals surface area contributed by atoms with Crippen LogP contribution in [0.5, 0.6) is 0 Å². The Morgan fingerprint density at radius 2 is 2.20 bits per heavy atom. The fourth-order valence-corrected chi connectivity index (χ4v) is 3.40. The minimum atomic E-state index is -3.15. The molecule has 3 N–H and O–H groups in total. The van der Waals surface area contributed by atoms with E-state index in [9.17, 15) is 13.5 Å². The van der Waals surface area contributed by atoms with Crippen LogP contribution in [0, 0.1) is 0 Å². The van der Waals surface area contributed by atoms with Crippen molar-refractivity contribution in [2.75, 3.05) is 31.8 Å². The molecule has 0 aromatic carbocycles. The molecule has 0 spiro atoms. The number of ether oxygens (including phenoxy) is 1. The average molecular weight is 239 g/mol. The molecule has 1 fully saturated rings. The third-order valence-corrected chi connectivity index (χ3v) is 4.08. The van der Waals surface area contributed by atoms with Crippen molar-refractivity contribution in [1.82, 2.24) is 5.32 Å². The summed E-state index contributed by atoms with van der Waals surface area (Å²) in [5, 5.41) is 21.3. The van der Waals surface area contributed by atoms with E-state index in [1.165, 1.54) is 7.11 Å². The van der Waals surface area contributed by atoms with Crippen LogP contribution in [-0.4, -0.2) is 68.6 Å². The first-order valence-corrected chi connectivity index (χ1v) is 6.55. The van der Waals surface area contributed by atoms with E-state index in [2.05, 4.69) is 5.32 Å². The molecule has 0 amide bonds. The molecule has 0 saturated carbocycles. The van der Waals surface area contributed by atoms with Crippen LogP contribution in [-0.2, 0) is 14.6 Å². The van der Waals surface area contributed by atoms with Gasteiger partial charge in [0.05, 0.1) is 36.9 Å². The van der Waals surface area contributed by atoms with E-state index in [0.29, 0.717) is 0 Å². The van der Waals surface area contributed by atoms with Crippen LogP contribution < -0.4 is 5.32 Å². The highest BCUT2D eigenvalue weighted by atomic mass is 32.2. The van der Waals surface area contributed by atoms with Gasteiger partial charge in [-0.1, -0.05) is 0 Å². The molecule has 6 nitrogen and oxygen atoms in total. The Bertz CT molecular complexity index is 291. The summed E-state index contributed by atoms with van der Waals surface area (Å²) in [5.41, 5.74) is 0.